The third-order valence-corrected chi connectivity index (χ3v) is 5.35. The van der Waals surface area contributed by atoms with Gasteiger partial charge in [0.1, 0.15) is 10.1 Å². The topological polar surface area (TPSA) is 41.6 Å². The molecule has 0 aromatic heterocycles. The standard InChI is InChI=1S/C19H20N2O2S2/c22-18(14-25-19(24)21-12-6-7-13-21)20-16-10-4-5-11-17(16)23-15-8-2-1-3-9-15/h1-5,8-11H,6-7,12-14H2,(H,20,22). The first-order chi connectivity index (χ1) is 12.2. The van der Waals surface area contributed by atoms with E-state index in [4.69, 9.17) is 17.0 Å². The van der Waals surface area contributed by atoms with Gasteiger partial charge in [-0.3, -0.25) is 4.79 Å². The summed E-state index contributed by atoms with van der Waals surface area (Å²) in [7, 11) is 0. The van der Waals surface area contributed by atoms with E-state index in [9.17, 15) is 4.79 Å². The molecule has 1 aliphatic heterocycles. The molecule has 4 nitrogen and oxygen atoms in total. The zero-order valence-corrected chi connectivity index (χ0v) is 15.4. The number of nitrogens with zero attached hydrogens (tertiary/aromatic N) is 1. The van der Waals surface area contributed by atoms with Crippen molar-refractivity contribution in [3.63, 3.8) is 0 Å². The van der Waals surface area contributed by atoms with Gasteiger partial charge in [-0.1, -0.05) is 54.3 Å². The lowest BCUT2D eigenvalue weighted by Crippen LogP contribution is -2.25. The van der Waals surface area contributed by atoms with Crippen LogP contribution in [0.4, 0.5) is 5.69 Å². The molecule has 0 atom stereocenters. The fraction of sp³-hybridized carbons (Fsp3) is 0.263. The molecular formula is C19H20N2O2S2. The van der Waals surface area contributed by atoms with Crippen LogP contribution in [0.5, 0.6) is 11.5 Å². The summed E-state index contributed by atoms with van der Waals surface area (Å²) in [6, 6.07) is 16.9. The van der Waals surface area contributed by atoms with Gasteiger partial charge < -0.3 is 15.0 Å². The van der Waals surface area contributed by atoms with Crippen LogP contribution in [0.1, 0.15) is 12.8 Å². The fourth-order valence-corrected chi connectivity index (χ4v) is 3.63. The summed E-state index contributed by atoms with van der Waals surface area (Å²) in [5.74, 6) is 1.56. The van der Waals surface area contributed by atoms with Gasteiger partial charge in [-0.2, -0.15) is 0 Å². The van der Waals surface area contributed by atoms with Crippen LogP contribution in [-0.2, 0) is 4.79 Å². The van der Waals surface area contributed by atoms with E-state index in [0.717, 1.165) is 23.2 Å². The lowest BCUT2D eigenvalue weighted by Gasteiger charge is -2.17. The molecule has 0 bridgehead atoms. The smallest absolute Gasteiger partial charge is 0.234 e. The van der Waals surface area contributed by atoms with Crippen LogP contribution >= 0.6 is 24.0 Å². The number of likely N-dealkylation sites (tertiary alicyclic amines) is 1. The summed E-state index contributed by atoms with van der Waals surface area (Å²) in [5, 5.41) is 2.91. The molecule has 1 N–H and O–H groups in total. The van der Waals surface area contributed by atoms with Crippen molar-refractivity contribution in [2.24, 2.45) is 0 Å². The number of carbonyl (C=O) groups excluding carboxylic acids is 1. The van der Waals surface area contributed by atoms with Gasteiger partial charge in [-0.15, -0.1) is 0 Å². The van der Waals surface area contributed by atoms with Crippen molar-refractivity contribution in [3.05, 3.63) is 54.6 Å². The molecule has 25 heavy (non-hydrogen) atoms. The van der Waals surface area contributed by atoms with Crippen LogP contribution in [-0.4, -0.2) is 34.0 Å². The molecule has 0 saturated carbocycles. The third kappa shape index (κ3) is 5.21. The zero-order chi connectivity index (χ0) is 17.5. The maximum absolute atomic E-state index is 12.3. The minimum absolute atomic E-state index is 0.0874. The van der Waals surface area contributed by atoms with Gasteiger partial charge in [0.25, 0.3) is 0 Å². The number of hydrogen-bond donors (Lipinski definition) is 1. The van der Waals surface area contributed by atoms with Crippen LogP contribution in [0.25, 0.3) is 0 Å². The van der Waals surface area contributed by atoms with E-state index in [2.05, 4.69) is 10.2 Å². The summed E-state index contributed by atoms with van der Waals surface area (Å²) in [4.78, 5) is 14.4. The van der Waals surface area contributed by atoms with E-state index in [-0.39, 0.29) is 5.91 Å². The summed E-state index contributed by atoms with van der Waals surface area (Å²) in [5.41, 5.74) is 0.657. The van der Waals surface area contributed by atoms with E-state index >= 15 is 0 Å². The molecule has 3 rings (SSSR count). The number of para-hydroxylation sites is 3. The molecule has 1 fully saturated rings. The third-order valence-electron chi connectivity index (χ3n) is 3.82. The predicted octanol–water partition coefficient (Wildman–Crippen LogP) is 4.53. The van der Waals surface area contributed by atoms with E-state index < -0.39 is 0 Å². The minimum atomic E-state index is -0.0874. The second-order valence-corrected chi connectivity index (χ2v) is 7.32. The van der Waals surface area contributed by atoms with Crippen LogP contribution in [0, 0.1) is 0 Å². The average Bonchev–Trinajstić information content (AvgIpc) is 3.17. The summed E-state index contributed by atoms with van der Waals surface area (Å²) in [6.45, 7) is 2.00. The van der Waals surface area contributed by atoms with Gasteiger partial charge >= 0.3 is 0 Å². The number of amides is 1. The predicted molar refractivity (Wildman–Crippen MR) is 107 cm³/mol. The molecule has 130 valence electrons. The van der Waals surface area contributed by atoms with Crippen molar-refractivity contribution in [3.8, 4) is 11.5 Å². The van der Waals surface area contributed by atoms with Crippen molar-refractivity contribution < 1.29 is 9.53 Å². The monoisotopic (exact) mass is 372 g/mol. The highest BCUT2D eigenvalue weighted by atomic mass is 32.2. The average molecular weight is 373 g/mol. The van der Waals surface area contributed by atoms with Crippen molar-refractivity contribution in [2.45, 2.75) is 12.8 Å². The van der Waals surface area contributed by atoms with Gasteiger partial charge in [0, 0.05) is 13.1 Å². The van der Waals surface area contributed by atoms with E-state index in [0.29, 0.717) is 17.2 Å². The number of anilines is 1. The van der Waals surface area contributed by atoms with E-state index in [1.165, 1.54) is 24.6 Å². The second kappa shape index (κ2) is 8.87. The highest BCUT2D eigenvalue weighted by Crippen LogP contribution is 2.29. The van der Waals surface area contributed by atoms with Crippen molar-refractivity contribution in [1.29, 1.82) is 0 Å². The quantitative estimate of drug-likeness (QED) is 0.781. The first-order valence-corrected chi connectivity index (χ1v) is 9.65. The molecule has 0 spiro atoms. The molecule has 1 amide bonds. The molecular weight excluding hydrogens is 352 g/mol. The molecule has 0 unspecified atom stereocenters. The number of benzene rings is 2. The molecule has 2 aromatic carbocycles. The number of thiocarbonyl (C=S) groups is 1. The normalized spacial score (nSPS) is 13.5. The van der Waals surface area contributed by atoms with Gasteiger partial charge in [-0.25, -0.2) is 0 Å². The van der Waals surface area contributed by atoms with Crippen LogP contribution < -0.4 is 10.1 Å². The number of hydrogen-bond acceptors (Lipinski definition) is 4. The number of nitrogens with one attached hydrogen (secondary N) is 1. The number of ether oxygens (including phenoxy) is 1. The first kappa shape index (κ1) is 17.8. The summed E-state index contributed by atoms with van der Waals surface area (Å²) in [6.07, 6.45) is 2.36. The molecule has 0 radical (unpaired) electrons. The minimum Gasteiger partial charge on any atom is -0.455 e. The van der Waals surface area contributed by atoms with Gasteiger partial charge in [-0.05, 0) is 37.1 Å². The molecule has 2 aromatic rings. The number of rotatable bonds is 5. The van der Waals surface area contributed by atoms with Crippen molar-refractivity contribution in [2.75, 3.05) is 24.2 Å². The maximum atomic E-state index is 12.3. The van der Waals surface area contributed by atoms with Crippen LogP contribution in [0.2, 0.25) is 0 Å². The van der Waals surface area contributed by atoms with Crippen molar-refractivity contribution >= 4 is 39.9 Å². The molecule has 1 aliphatic rings. The zero-order valence-electron chi connectivity index (χ0n) is 13.8. The Kier molecular flexibility index (Phi) is 6.30. The molecule has 0 aliphatic carbocycles. The Balaban J connectivity index is 1.56. The Bertz CT molecular complexity index is 731. The molecule has 1 heterocycles. The Morgan fingerprint density at radius 1 is 1.08 bits per heavy atom. The van der Waals surface area contributed by atoms with E-state index in [1.54, 1.807) is 0 Å². The number of thioether (sulfide) groups is 1. The Hall–Kier alpha value is -2.05. The highest BCUT2D eigenvalue weighted by Gasteiger charge is 2.16. The van der Waals surface area contributed by atoms with E-state index in [1.807, 2.05) is 54.6 Å². The maximum Gasteiger partial charge on any atom is 0.234 e. The molecule has 6 heteroatoms. The lowest BCUT2D eigenvalue weighted by atomic mass is 10.3. The van der Waals surface area contributed by atoms with Crippen LogP contribution in [0.3, 0.4) is 0 Å². The fourth-order valence-electron chi connectivity index (χ4n) is 2.58. The van der Waals surface area contributed by atoms with Gasteiger partial charge in [0.15, 0.2) is 5.75 Å². The Labute approximate surface area is 157 Å². The van der Waals surface area contributed by atoms with Crippen molar-refractivity contribution in [1.82, 2.24) is 4.90 Å². The van der Waals surface area contributed by atoms with Gasteiger partial charge in [0.05, 0.1) is 11.4 Å². The first-order valence-electron chi connectivity index (χ1n) is 8.26. The van der Waals surface area contributed by atoms with Crippen LogP contribution in [0.15, 0.2) is 54.6 Å². The summed E-state index contributed by atoms with van der Waals surface area (Å²) < 4.78 is 6.67. The number of carbonyl (C=O) groups is 1. The van der Waals surface area contributed by atoms with Gasteiger partial charge in [0.2, 0.25) is 5.91 Å². The largest absolute Gasteiger partial charge is 0.455 e. The molecule has 1 saturated heterocycles. The Morgan fingerprint density at radius 2 is 1.76 bits per heavy atom. The lowest BCUT2D eigenvalue weighted by molar-refractivity contribution is -0.113. The SMILES string of the molecule is O=C(CSC(=S)N1CCCC1)Nc1ccccc1Oc1ccccc1. The summed E-state index contributed by atoms with van der Waals surface area (Å²) >= 11 is 6.81. The highest BCUT2D eigenvalue weighted by molar-refractivity contribution is 8.23. The Morgan fingerprint density at radius 3 is 2.52 bits per heavy atom. The second-order valence-electron chi connectivity index (χ2n) is 5.71.